The van der Waals surface area contributed by atoms with Crippen molar-refractivity contribution in [3.8, 4) is 44.5 Å². The summed E-state index contributed by atoms with van der Waals surface area (Å²) in [4.78, 5) is 0. The maximum Gasteiger partial charge on any atom is 0.0726 e. The summed E-state index contributed by atoms with van der Waals surface area (Å²) in [6.45, 7) is 0. The highest BCUT2D eigenvalue weighted by Gasteiger charge is 2.52. The fourth-order valence-corrected chi connectivity index (χ4v) is 9.69. The van der Waals surface area contributed by atoms with E-state index in [1.807, 2.05) is 0 Å². The molecular formula is C49H29Cl. The standard InChI is InChI=1S/C49H29Cl/c50-31-25-26-41-45(29-31)49(42-23-10-8-15-33(42)34-16-9-11-24-43(34)49)44-28-27-32-35(21-12-22-36(32)48(41)44)47-39-19-6-4-17-37(39)46(30-13-2-1-3-14-30)38-18-5-7-20-40(38)47/h1-29H. The molecule has 0 amide bonds. The highest BCUT2D eigenvalue weighted by Crippen LogP contribution is 2.64. The van der Waals surface area contributed by atoms with Crippen LogP contribution in [0.15, 0.2) is 176 Å². The van der Waals surface area contributed by atoms with E-state index in [1.165, 1.54) is 99.1 Å². The van der Waals surface area contributed by atoms with Crippen LogP contribution < -0.4 is 0 Å². The third-order valence-electron chi connectivity index (χ3n) is 11.3. The van der Waals surface area contributed by atoms with Crippen molar-refractivity contribution < 1.29 is 0 Å². The van der Waals surface area contributed by atoms with Crippen LogP contribution in [0, 0.1) is 0 Å². The summed E-state index contributed by atoms with van der Waals surface area (Å²) >= 11 is 6.87. The first kappa shape index (κ1) is 27.9. The maximum atomic E-state index is 6.87. The topological polar surface area (TPSA) is 0 Å². The molecule has 0 nitrogen and oxygen atoms in total. The zero-order valence-electron chi connectivity index (χ0n) is 27.1. The van der Waals surface area contributed by atoms with E-state index < -0.39 is 5.41 Å². The van der Waals surface area contributed by atoms with E-state index in [2.05, 4.69) is 176 Å². The van der Waals surface area contributed by atoms with Crippen molar-refractivity contribution in [3.05, 3.63) is 203 Å². The number of halogens is 1. The molecule has 0 atom stereocenters. The van der Waals surface area contributed by atoms with E-state index in [1.54, 1.807) is 0 Å². The van der Waals surface area contributed by atoms with Crippen molar-refractivity contribution in [2.24, 2.45) is 0 Å². The number of benzene rings is 9. The van der Waals surface area contributed by atoms with Gasteiger partial charge in [-0.3, -0.25) is 0 Å². The lowest BCUT2D eigenvalue weighted by atomic mass is 9.70. The molecule has 0 saturated carbocycles. The Morgan fingerprint density at radius 2 is 0.820 bits per heavy atom. The van der Waals surface area contributed by atoms with Gasteiger partial charge in [-0.1, -0.05) is 175 Å². The zero-order valence-corrected chi connectivity index (χ0v) is 27.9. The predicted molar refractivity (Wildman–Crippen MR) is 211 cm³/mol. The number of rotatable bonds is 2. The summed E-state index contributed by atoms with van der Waals surface area (Å²) in [5.74, 6) is 0. The second-order valence-electron chi connectivity index (χ2n) is 13.6. The molecule has 2 aliphatic rings. The Labute approximate surface area is 295 Å². The molecule has 0 N–H and O–H groups in total. The van der Waals surface area contributed by atoms with E-state index in [0.29, 0.717) is 0 Å². The molecule has 9 aromatic rings. The normalized spacial score (nSPS) is 13.5. The average molecular weight is 653 g/mol. The quantitative estimate of drug-likeness (QED) is 0.163. The third kappa shape index (κ3) is 3.51. The minimum Gasteiger partial charge on any atom is -0.0843 e. The molecule has 2 aliphatic carbocycles. The first-order valence-corrected chi connectivity index (χ1v) is 17.7. The molecule has 232 valence electrons. The zero-order chi connectivity index (χ0) is 33.0. The first-order chi connectivity index (χ1) is 24.7. The van der Waals surface area contributed by atoms with Crippen molar-refractivity contribution in [1.29, 1.82) is 0 Å². The molecule has 0 unspecified atom stereocenters. The van der Waals surface area contributed by atoms with Crippen LogP contribution in [-0.2, 0) is 5.41 Å². The van der Waals surface area contributed by atoms with Crippen LogP contribution in [0.3, 0.4) is 0 Å². The number of hydrogen-bond acceptors (Lipinski definition) is 0. The molecule has 0 aromatic heterocycles. The van der Waals surface area contributed by atoms with Gasteiger partial charge in [0.25, 0.3) is 0 Å². The maximum absolute atomic E-state index is 6.87. The monoisotopic (exact) mass is 652 g/mol. The van der Waals surface area contributed by atoms with Crippen molar-refractivity contribution in [3.63, 3.8) is 0 Å². The van der Waals surface area contributed by atoms with Gasteiger partial charge < -0.3 is 0 Å². The number of hydrogen-bond donors (Lipinski definition) is 0. The van der Waals surface area contributed by atoms with Gasteiger partial charge in [0.2, 0.25) is 0 Å². The first-order valence-electron chi connectivity index (χ1n) is 17.3. The predicted octanol–water partition coefficient (Wildman–Crippen LogP) is 13.5. The molecule has 1 heteroatoms. The van der Waals surface area contributed by atoms with Gasteiger partial charge in [-0.2, -0.15) is 0 Å². The van der Waals surface area contributed by atoms with Crippen LogP contribution in [0.5, 0.6) is 0 Å². The third-order valence-corrected chi connectivity index (χ3v) is 11.6. The van der Waals surface area contributed by atoms with Gasteiger partial charge in [0, 0.05) is 5.02 Å². The number of fused-ring (bicyclic) bond motifs is 14. The highest BCUT2D eigenvalue weighted by molar-refractivity contribution is 6.31. The molecule has 11 rings (SSSR count). The molecule has 0 heterocycles. The van der Waals surface area contributed by atoms with Crippen LogP contribution in [0.25, 0.3) is 76.8 Å². The molecule has 0 fully saturated rings. The largest absolute Gasteiger partial charge is 0.0843 e. The molecule has 0 saturated heterocycles. The van der Waals surface area contributed by atoms with E-state index in [9.17, 15) is 0 Å². The van der Waals surface area contributed by atoms with E-state index >= 15 is 0 Å². The van der Waals surface area contributed by atoms with Crippen LogP contribution in [-0.4, -0.2) is 0 Å². The fraction of sp³-hybridized carbons (Fsp3) is 0.0204. The summed E-state index contributed by atoms with van der Waals surface area (Å²) in [5, 5.41) is 8.35. The van der Waals surface area contributed by atoms with Gasteiger partial charge in [0.05, 0.1) is 5.41 Å². The van der Waals surface area contributed by atoms with E-state index in [-0.39, 0.29) is 0 Å². The van der Waals surface area contributed by atoms with E-state index in [0.717, 1.165) is 5.02 Å². The van der Waals surface area contributed by atoms with Crippen molar-refractivity contribution >= 4 is 43.9 Å². The van der Waals surface area contributed by atoms with Gasteiger partial charge in [0.1, 0.15) is 0 Å². The van der Waals surface area contributed by atoms with Crippen molar-refractivity contribution in [1.82, 2.24) is 0 Å². The van der Waals surface area contributed by atoms with Crippen molar-refractivity contribution in [2.45, 2.75) is 5.41 Å². The minimum absolute atomic E-state index is 0.441. The fourth-order valence-electron chi connectivity index (χ4n) is 9.52. The van der Waals surface area contributed by atoms with Crippen LogP contribution in [0.2, 0.25) is 5.02 Å². The van der Waals surface area contributed by atoms with Gasteiger partial charge in [-0.25, -0.2) is 0 Å². The van der Waals surface area contributed by atoms with Gasteiger partial charge in [-0.05, 0) is 111 Å². The Kier molecular flexibility index (Phi) is 5.75. The molecule has 0 bridgehead atoms. The summed E-state index contributed by atoms with van der Waals surface area (Å²) in [7, 11) is 0. The Morgan fingerprint density at radius 3 is 1.48 bits per heavy atom. The average Bonchev–Trinajstić information content (AvgIpc) is 3.64. The molecule has 9 aromatic carbocycles. The second-order valence-corrected chi connectivity index (χ2v) is 14.1. The van der Waals surface area contributed by atoms with E-state index in [4.69, 9.17) is 11.6 Å². The molecule has 0 aliphatic heterocycles. The molecule has 1 spiro atoms. The lowest BCUT2D eigenvalue weighted by Gasteiger charge is -2.30. The second kappa shape index (κ2) is 10.3. The van der Waals surface area contributed by atoms with Crippen LogP contribution in [0.4, 0.5) is 0 Å². The smallest absolute Gasteiger partial charge is 0.0726 e. The lowest BCUT2D eigenvalue weighted by Crippen LogP contribution is -2.25. The Hall–Kier alpha value is -5.95. The highest BCUT2D eigenvalue weighted by atomic mass is 35.5. The molecular weight excluding hydrogens is 624 g/mol. The SMILES string of the molecule is Clc1ccc2c(c1)C1(c3ccccc3-c3ccccc31)c1ccc3c(-c4c5ccccc5c(-c5ccccc5)c5ccccc45)cccc3c1-2. The Balaban J connectivity index is 1.27. The summed E-state index contributed by atoms with van der Waals surface area (Å²) in [5.41, 5.74) is 15.0. The summed E-state index contributed by atoms with van der Waals surface area (Å²) in [6.07, 6.45) is 0. The summed E-state index contributed by atoms with van der Waals surface area (Å²) in [6, 6.07) is 64.8. The Morgan fingerprint density at radius 1 is 0.300 bits per heavy atom. The van der Waals surface area contributed by atoms with Gasteiger partial charge in [0.15, 0.2) is 0 Å². The molecule has 0 radical (unpaired) electrons. The minimum atomic E-state index is -0.441. The van der Waals surface area contributed by atoms with Crippen molar-refractivity contribution in [2.75, 3.05) is 0 Å². The van der Waals surface area contributed by atoms with Crippen LogP contribution >= 0.6 is 11.6 Å². The van der Waals surface area contributed by atoms with Crippen LogP contribution in [0.1, 0.15) is 22.3 Å². The summed E-state index contributed by atoms with van der Waals surface area (Å²) < 4.78 is 0. The lowest BCUT2D eigenvalue weighted by molar-refractivity contribution is 0.794. The van der Waals surface area contributed by atoms with Gasteiger partial charge >= 0.3 is 0 Å². The Bertz CT molecular complexity index is 2780. The van der Waals surface area contributed by atoms with Gasteiger partial charge in [-0.15, -0.1) is 0 Å². The molecule has 50 heavy (non-hydrogen) atoms.